The van der Waals surface area contributed by atoms with E-state index in [0.29, 0.717) is 6.42 Å². The fourth-order valence-electron chi connectivity index (χ4n) is 3.32. The number of nitrogens with zero attached hydrogens (tertiary/aromatic N) is 1. The largest absolute Gasteiger partial charge is 0.361 e. The Morgan fingerprint density at radius 2 is 1.83 bits per heavy atom. The number of amides is 2. The fourth-order valence-corrected chi connectivity index (χ4v) is 3.69. The molecule has 0 saturated carbocycles. The molecule has 10 heteroatoms. The zero-order chi connectivity index (χ0) is 22.6. The Hall–Kier alpha value is -2.03. The van der Waals surface area contributed by atoms with Crippen molar-refractivity contribution >= 4 is 30.3 Å². The van der Waals surface area contributed by atoms with Crippen molar-refractivity contribution in [1.82, 2.24) is 15.2 Å². The third-order valence-electron chi connectivity index (χ3n) is 5.05. The number of nitrogens with one attached hydrogen (secondary N) is 2. The summed E-state index contributed by atoms with van der Waals surface area (Å²) >= 11 is 0. The minimum absolute atomic E-state index is 0.0683. The van der Waals surface area contributed by atoms with E-state index in [1.54, 1.807) is 6.20 Å². The van der Waals surface area contributed by atoms with Crippen LogP contribution in [0.5, 0.6) is 0 Å². The zero-order valence-electron chi connectivity index (χ0n) is 17.7. The lowest BCUT2D eigenvalue weighted by Gasteiger charge is -2.28. The van der Waals surface area contributed by atoms with Crippen LogP contribution in [0.25, 0.3) is 10.9 Å². The predicted octanol–water partition coefficient (Wildman–Crippen LogP) is 1.55. The Labute approximate surface area is 176 Å². The first-order chi connectivity index (χ1) is 13.9. The number of carbonyl (C=O) groups is 2. The molecular formula is C20H31N4O5P. The van der Waals surface area contributed by atoms with E-state index in [2.05, 4.69) is 10.3 Å². The van der Waals surface area contributed by atoms with Gasteiger partial charge in [-0.3, -0.25) is 24.4 Å². The van der Waals surface area contributed by atoms with E-state index in [0.717, 1.165) is 21.4 Å². The number of benzene rings is 1. The molecule has 0 radical (unpaired) electrons. The summed E-state index contributed by atoms with van der Waals surface area (Å²) in [6.07, 6.45) is 2.37. The second-order valence-corrected chi connectivity index (χ2v) is 9.97. The molecular weight excluding hydrogens is 407 g/mol. The van der Waals surface area contributed by atoms with Crippen LogP contribution in [-0.4, -0.2) is 56.4 Å². The predicted molar refractivity (Wildman–Crippen MR) is 116 cm³/mol. The summed E-state index contributed by atoms with van der Waals surface area (Å²) in [5.74, 6) is -2.26. The van der Waals surface area contributed by atoms with Crippen LogP contribution in [0.3, 0.4) is 0 Å². The minimum Gasteiger partial charge on any atom is -0.361 e. The summed E-state index contributed by atoms with van der Waals surface area (Å²) in [5.41, 5.74) is 7.92. The Balaban J connectivity index is 2.12. The number of imide groups is 1. The number of para-hydroxylation sites is 1. The van der Waals surface area contributed by atoms with Gasteiger partial charge in [-0.1, -0.05) is 32.0 Å². The molecule has 30 heavy (non-hydrogen) atoms. The molecule has 0 aliphatic rings. The lowest BCUT2D eigenvalue weighted by Crippen LogP contribution is -2.53. The van der Waals surface area contributed by atoms with Crippen molar-refractivity contribution in [3.63, 3.8) is 0 Å². The number of H-pyrrole nitrogens is 1. The summed E-state index contributed by atoms with van der Waals surface area (Å²) < 4.78 is 11.5. The number of likely N-dealkylation sites (N-methyl/N-ethyl adjacent to an activating group) is 1. The van der Waals surface area contributed by atoms with Crippen molar-refractivity contribution in [1.29, 1.82) is 0 Å². The van der Waals surface area contributed by atoms with Crippen molar-refractivity contribution in [3.8, 4) is 0 Å². The Kier molecular flexibility index (Phi) is 7.96. The van der Waals surface area contributed by atoms with Gasteiger partial charge in [0.1, 0.15) is 5.78 Å². The van der Waals surface area contributed by atoms with E-state index >= 15 is 0 Å². The molecule has 0 fully saturated rings. The molecule has 0 spiro atoms. The Morgan fingerprint density at radius 1 is 1.20 bits per heavy atom. The quantitative estimate of drug-likeness (QED) is 0.373. The standard InChI is InChI=1S/C20H31N4O5P/c1-12(2)9-18(23-13(3)30(27,28)29)20(26)24(4)19(25)16(21)10-14-11-22-17-8-6-5-7-15(14)17/h5-8,11-13,16,18,22-23H,9-10,21H2,1-4H3,(H2,27,28,29)/t13?,16-,18?/m0/s1. The minimum atomic E-state index is -4.42. The lowest BCUT2D eigenvalue weighted by atomic mass is 10.0. The van der Waals surface area contributed by atoms with Crippen molar-refractivity contribution in [2.24, 2.45) is 11.7 Å². The highest BCUT2D eigenvalue weighted by molar-refractivity contribution is 7.52. The van der Waals surface area contributed by atoms with Crippen molar-refractivity contribution < 1.29 is 23.9 Å². The molecule has 2 aromatic rings. The molecule has 0 aliphatic heterocycles. The third kappa shape index (κ3) is 6.00. The van der Waals surface area contributed by atoms with Crippen LogP contribution in [0.2, 0.25) is 0 Å². The van der Waals surface area contributed by atoms with Crippen LogP contribution in [0.15, 0.2) is 30.5 Å². The molecule has 9 nitrogen and oxygen atoms in total. The van der Waals surface area contributed by atoms with Crippen LogP contribution in [-0.2, 0) is 20.6 Å². The highest BCUT2D eigenvalue weighted by atomic mass is 31.2. The van der Waals surface area contributed by atoms with Gasteiger partial charge in [0.2, 0.25) is 11.8 Å². The number of fused-ring (bicyclic) bond motifs is 1. The van der Waals surface area contributed by atoms with Gasteiger partial charge in [-0.2, -0.15) is 0 Å². The molecule has 166 valence electrons. The molecule has 2 unspecified atom stereocenters. The number of carbonyl (C=O) groups excluding carboxylic acids is 2. The first kappa shape index (κ1) is 24.2. The summed E-state index contributed by atoms with van der Waals surface area (Å²) in [5, 5.41) is 3.64. The second-order valence-electron chi connectivity index (χ2n) is 8.02. The number of rotatable bonds is 9. The molecule has 0 aliphatic carbocycles. The SMILES string of the molecule is CC(C)CC(NC(C)P(=O)(O)O)C(=O)N(C)C(=O)[C@@H](N)Cc1c[nH]c2ccccc12. The highest BCUT2D eigenvalue weighted by Gasteiger charge is 2.34. The van der Waals surface area contributed by atoms with Gasteiger partial charge in [-0.15, -0.1) is 0 Å². The maximum Gasteiger partial charge on any atom is 0.342 e. The van der Waals surface area contributed by atoms with Gasteiger partial charge in [0.25, 0.3) is 0 Å². The monoisotopic (exact) mass is 438 g/mol. The van der Waals surface area contributed by atoms with E-state index in [4.69, 9.17) is 5.73 Å². The maximum atomic E-state index is 12.9. The van der Waals surface area contributed by atoms with Gasteiger partial charge in [0.05, 0.1) is 12.1 Å². The van der Waals surface area contributed by atoms with E-state index in [1.165, 1.54) is 14.0 Å². The van der Waals surface area contributed by atoms with Crippen LogP contribution in [0, 0.1) is 5.92 Å². The molecule has 1 heterocycles. The smallest absolute Gasteiger partial charge is 0.342 e. The zero-order valence-corrected chi connectivity index (χ0v) is 18.6. The van der Waals surface area contributed by atoms with Gasteiger partial charge < -0.3 is 20.5 Å². The summed E-state index contributed by atoms with van der Waals surface area (Å²) in [6.45, 7) is 5.08. The van der Waals surface area contributed by atoms with Crippen LogP contribution in [0.4, 0.5) is 0 Å². The first-order valence-electron chi connectivity index (χ1n) is 9.85. The fraction of sp³-hybridized carbons (Fsp3) is 0.500. The van der Waals surface area contributed by atoms with Gasteiger partial charge >= 0.3 is 7.60 Å². The average molecular weight is 438 g/mol. The molecule has 1 aromatic carbocycles. The Morgan fingerprint density at radius 3 is 2.43 bits per heavy atom. The van der Waals surface area contributed by atoms with Crippen LogP contribution in [0.1, 0.15) is 32.8 Å². The normalized spacial score (nSPS) is 15.2. The highest BCUT2D eigenvalue weighted by Crippen LogP contribution is 2.39. The molecule has 6 N–H and O–H groups in total. The van der Waals surface area contributed by atoms with Crippen molar-refractivity contribution in [2.45, 2.75) is 51.5 Å². The van der Waals surface area contributed by atoms with E-state index in [9.17, 15) is 23.9 Å². The van der Waals surface area contributed by atoms with Gasteiger partial charge in [0, 0.05) is 24.1 Å². The molecule has 1 aromatic heterocycles. The van der Waals surface area contributed by atoms with Gasteiger partial charge in [0.15, 0.2) is 0 Å². The summed E-state index contributed by atoms with van der Waals surface area (Å²) in [6, 6.07) is 5.80. The topological polar surface area (TPSA) is 149 Å². The first-order valence-corrected chi connectivity index (χ1v) is 11.5. The second kappa shape index (κ2) is 9.85. The van der Waals surface area contributed by atoms with E-state index in [1.807, 2.05) is 38.1 Å². The van der Waals surface area contributed by atoms with Crippen molar-refractivity contribution in [2.75, 3.05) is 7.05 Å². The van der Waals surface area contributed by atoms with Crippen LogP contribution < -0.4 is 11.1 Å². The maximum absolute atomic E-state index is 12.9. The molecule has 2 amide bonds. The number of aromatic nitrogens is 1. The molecule has 0 bridgehead atoms. The molecule has 3 atom stereocenters. The average Bonchev–Trinajstić information content (AvgIpc) is 3.07. The Bertz CT molecular complexity index is 938. The van der Waals surface area contributed by atoms with E-state index in [-0.39, 0.29) is 12.3 Å². The molecule has 2 rings (SSSR count). The molecule has 0 saturated heterocycles. The van der Waals surface area contributed by atoms with Gasteiger partial charge in [-0.05, 0) is 37.3 Å². The lowest BCUT2D eigenvalue weighted by molar-refractivity contribution is -0.145. The number of hydrogen-bond donors (Lipinski definition) is 5. The van der Waals surface area contributed by atoms with E-state index < -0.39 is 37.3 Å². The number of nitrogens with two attached hydrogens (primary N) is 1. The number of aromatic amines is 1. The summed E-state index contributed by atoms with van der Waals surface area (Å²) in [7, 11) is -3.08. The van der Waals surface area contributed by atoms with Crippen LogP contribution >= 0.6 is 7.60 Å². The van der Waals surface area contributed by atoms with Crippen molar-refractivity contribution in [3.05, 3.63) is 36.0 Å². The van der Waals surface area contributed by atoms with Gasteiger partial charge in [-0.25, -0.2) is 0 Å². The third-order valence-corrected chi connectivity index (χ3v) is 6.20. The summed E-state index contributed by atoms with van der Waals surface area (Å²) in [4.78, 5) is 48.5. The number of hydrogen-bond acceptors (Lipinski definition) is 5.